The molecule has 0 spiro atoms. The molecule has 0 unspecified atom stereocenters. The van der Waals surface area contributed by atoms with Gasteiger partial charge in [-0.2, -0.15) is 0 Å². The third-order valence-corrected chi connectivity index (χ3v) is 3.32. The Morgan fingerprint density at radius 2 is 2.22 bits per heavy atom. The topological polar surface area (TPSA) is 34.9 Å². The summed E-state index contributed by atoms with van der Waals surface area (Å²) in [6.45, 7) is 2.83. The summed E-state index contributed by atoms with van der Waals surface area (Å²) >= 11 is 9.26. The van der Waals surface area contributed by atoms with Gasteiger partial charge in [0, 0.05) is 34.0 Å². The summed E-state index contributed by atoms with van der Waals surface area (Å²) in [5.41, 5.74) is 0.597. The molecule has 0 bridgehead atoms. The van der Waals surface area contributed by atoms with Crippen molar-refractivity contribution >= 4 is 33.3 Å². The van der Waals surface area contributed by atoms with Gasteiger partial charge in [-0.25, -0.2) is 4.98 Å². The molecule has 1 heterocycles. The number of aromatic nitrogens is 2. The summed E-state index contributed by atoms with van der Waals surface area (Å²) in [6, 6.07) is 5.20. The minimum atomic E-state index is 0.0131. The molecule has 0 aliphatic carbocycles. The zero-order valence-electron chi connectivity index (χ0n) is 9.86. The fraction of sp³-hybridized carbons (Fsp3) is 0.231. The van der Waals surface area contributed by atoms with Gasteiger partial charge in [0.05, 0.1) is 6.42 Å². The van der Waals surface area contributed by atoms with Crippen molar-refractivity contribution < 1.29 is 4.79 Å². The lowest BCUT2D eigenvalue weighted by atomic mass is 10.1. The van der Waals surface area contributed by atoms with E-state index < -0.39 is 0 Å². The molecule has 0 amide bonds. The quantitative estimate of drug-likeness (QED) is 0.802. The second-order valence-corrected chi connectivity index (χ2v) is 5.24. The van der Waals surface area contributed by atoms with E-state index in [9.17, 15) is 4.79 Å². The maximum absolute atomic E-state index is 12.2. The van der Waals surface area contributed by atoms with Gasteiger partial charge in [0.15, 0.2) is 5.78 Å². The first-order valence-electron chi connectivity index (χ1n) is 5.59. The molecule has 0 saturated carbocycles. The van der Waals surface area contributed by atoms with Gasteiger partial charge >= 0.3 is 0 Å². The molecule has 0 saturated heterocycles. The van der Waals surface area contributed by atoms with Gasteiger partial charge in [-0.1, -0.05) is 27.5 Å². The lowest BCUT2D eigenvalue weighted by Gasteiger charge is -2.05. The maximum Gasteiger partial charge on any atom is 0.170 e. The van der Waals surface area contributed by atoms with Gasteiger partial charge in [-0.05, 0) is 25.1 Å². The summed E-state index contributed by atoms with van der Waals surface area (Å²) in [5, 5.41) is 0.548. The minimum Gasteiger partial charge on any atom is -0.335 e. The van der Waals surface area contributed by atoms with Crippen molar-refractivity contribution in [2.75, 3.05) is 0 Å². The number of halogens is 2. The average molecular weight is 328 g/mol. The van der Waals surface area contributed by atoms with Crippen molar-refractivity contribution in [2.45, 2.75) is 19.9 Å². The minimum absolute atomic E-state index is 0.0131. The number of Topliss-reactive ketones (excluding diaryl/α,β-unsaturated/α-hetero) is 1. The number of aryl methyl sites for hydroxylation is 1. The Kier molecular flexibility index (Phi) is 4.19. The van der Waals surface area contributed by atoms with Crippen LogP contribution < -0.4 is 0 Å². The van der Waals surface area contributed by atoms with E-state index in [0.717, 1.165) is 16.8 Å². The third kappa shape index (κ3) is 3.00. The van der Waals surface area contributed by atoms with E-state index in [0.29, 0.717) is 10.6 Å². The molecular formula is C13H12BrClN2O. The molecule has 1 aromatic carbocycles. The van der Waals surface area contributed by atoms with Gasteiger partial charge in [0.2, 0.25) is 0 Å². The van der Waals surface area contributed by atoms with Crippen molar-refractivity contribution in [1.82, 2.24) is 9.55 Å². The van der Waals surface area contributed by atoms with Gasteiger partial charge in [-0.15, -0.1) is 0 Å². The lowest BCUT2D eigenvalue weighted by Crippen LogP contribution is -2.09. The highest BCUT2D eigenvalue weighted by Gasteiger charge is 2.12. The van der Waals surface area contributed by atoms with Crippen LogP contribution in [0.3, 0.4) is 0 Å². The molecule has 0 N–H and O–H groups in total. The number of benzene rings is 1. The van der Waals surface area contributed by atoms with Crippen molar-refractivity contribution in [3.05, 3.63) is 51.5 Å². The van der Waals surface area contributed by atoms with Crippen LogP contribution in [0.15, 0.2) is 35.1 Å². The molecular weight excluding hydrogens is 316 g/mol. The van der Waals surface area contributed by atoms with Gasteiger partial charge < -0.3 is 4.57 Å². The molecule has 0 aliphatic rings. The zero-order valence-corrected chi connectivity index (χ0v) is 12.2. The van der Waals surface area contributed by atoms with Crippen molar-refractivity contribution in [1.29, 1.82) is 0 Å². The van der Waals surface area contributed by atoms with Crippen LogP contribution in [0.4, 0.5) is 0 Å². The molecule has 5 heteroatoms. The van der Waals surface area contributed by atoms with Crippen molar-refractivity contribution in [2.24, 2.45) is 0 Å². The van der Waals surface area contributed by atoms with Crippen LogP contribution in [0.1, 0.15) is 23.1 Å². The molecule has 94 valence electrons. The number of ketones is 1. The molecule has 1 aromatic heterocycles. The van der Waals surface area contributed by atoms with Crippen LogP contribution in [-0.4, -0.2) is 15.3 Å². The Bertz CT molecular complexity index is 560. The number of carbonyl (C=O) groups is 1. The van der Waals surface area contributed by atoms with E-state index in [1.165, 1.54) is 0 Å². The molecule has 0 aliphatic heterocycles. The van der Waals surface area contributed by atoms with Crippen LogP contribution >= 0.6 is 27.5 Å². The fourth-order valence-electron chi connectivity index (χ4n) is 1.76. The Hall–Kier alpha value is -1.13. The first-order valence-corrected chi connectivity index (χ1v) is 6.76. The monoisotopic (exact) mass is 326 g/mol. The number of nitrogens with zero attached hydrogens (tertiary/aromatic N) is 2. The average Bonchev–Trinajstić information content (AvgIpc) is 2.75. The number of carbonyl (C=O) groups excluding carboxylic acids is 1. The van der Waals surface area contributed by atoms with Gasteiger partial charge in [-0.3, -0.25) is 4.79 Å². The van der Waals surface area contributed by atoms with Crippen LogP contribution in [0.2, 0.25) is 5.02 Å². The fourth-order valence-corrected chi connectivity index (χ4v) is 2.62. The molecule has 2 aromatic rings. The molecule has 0 fully saturated rings. The first-order chi connectivity index (χ1) is 8.60. The summed E-state index contributed by atoms with van der Waals surface area (Å²) in [5.74, 6) is 0.790. The highest BCUT2D eigenvalue weighted by molar-refractivity contribution is 9.10. The highest BCUT2D eigenvalue weighted by Crippen LogP contribution is 2.20. The molecule has 3 nitrogen and oxygen atoms in total. The first kappa shape index (κ1) is 13.3. The zero-order chi connectivity index (χ0) is 13.1. The standard InChI is InChI=1S/C13H12BrClN2O/c1-2-17-4-3-16-13(17)8-12(18)9-5-10(14)7-11(15)6-9/h3-7H,2,8H2,1H3. The van der Waals surface area contributed by atoms with E-state index in [1.54, 1.807) is 24.4 Å². The molecule has 18 heavy (non-hydrogen) atoms. The Morgan fingerprint density at radius 1 is 1.44 bits per heavy atom. The van der Waals surface area contributed by atoms with Crippen molar-refractivity contribution in [3.8, 4) is 0 Å². The van der Waals surface area contributed by atoms with Crippen molar-refractivity contribution in [3.63, 3.8) is 0 Å². The van der Waals surface area contributed by atoms with E-state index in [2.05, 4.69) is 20.9 Å². The summed E-state index contributed by atoms with van der Waals surface area (Å²) in [7, 11) is 0. The van der Waals surface area contributed by atoms with E-state index in [4.69, 9.17) is 11.6 Å². The van der Waals surface area contributed by atoms with Gasteiger partial charge in [0.25, 0.3) is 0 Å². The van der Waals surface area contributed by atoms with E-state index in [1.807, 2.05) is 17.7 Å². The van der Waals surface area contributed by atoms with Gasteiger partial charge in [0.1, 0.15) is 5.82 Å². The third-order valence-electron chi connectivity index (χ3n) is 2.65. The van der Waals surface area contributed by atoms with Crippen LogP contribution in [0.25, 0.3) is 0 Å². The predicted octanol–water partition coefficient (Wildman–Crippen LogP) is 3.74. The Balaban J connectivity index is 2.22. The number of imidazole rings is 1. The second kappa shape index (κ2) is 5.67. The SMILES string of the molecule is CCn1ccnc1CC(=O)c1cc(Cl)cc(Br)c1. The Morgan fingerprint density at radius 3 is 2.89 bits per heavy atom. The molecule has 0 radical (unpaired) electrons. The second-order valence-electron chi connectivity index (χ2n) is 3.89. The smallest absolute Gasteiger partial charge is 0.170 e. The predicted molar refractivity (Wildman–Crippen MR) is 75.1 cm³/mol. The van der Waals surface area contributed by atoms with E-state index >= 15 is 0 Å². The largest absolute Gasteiger partial charge is 0.335 e. The summed E-state index contributed by atoms with van der Waals surface area (Å²) in [6.07, 6.45) is 3.87. The Labute approximate surface area is 119 Å². The normalized spacial score (nSPS) is 10.6. The highest BCUT2D eigenvalue weighted by atomic mass is 79.9. The molecule has 2 rings (SSSR count). The summed E-state index contributed by atoms with van der Waals surface area (Å²) < 4.78 is 2.76. The number of rotatable bonds is 4. The maximum atomic E-state index is 12.2. The summed E-state index contributed by atoms with van der Waals surface area (Å²) in [4.78, 5) is 16.3. The van der Waals surface area contributed by atoms with Crippen LogP contribution in [0.5, 0.6) is 0 Å². The van der Waals surface area contributed by atoms with E-state index in [-0.39, 0.29) is 12.2 Å². The van der Waals surface area contributed by atoms with Crippen LogP contribution in [-0.2, 0) is 13.0 Å². The lowest BCUT2D eigenvalue weighted by molar-refractivity contribution is 0.0989. The number of hydrogen-bond acceptors (Lipinski definition) is 2. The number of hydrogen-bond donors (Lipinski definition) is 0. The molecule has 0 atom stereocenters. The van der Waals surface area contributed by atoms with Crippen LogP contribution in [0, 0.1) is 0 Å².